The zero-order valence-corrected chi connectivity index (χ0v) is 10.7. The van der Waals surface area contributed by atoms with E-state index >= 15 is 0 Å². The van der Waals surface area contributed by atoms with E-state index in [1.807, 2.05) is 36.5 Å². The molecule has 1 N–H and O–H groups in total. The van der Waals surface area contributed by atoms with Crippen molar-refractivity contribution in [1.82, 2.24) is 4.98 Å². The van der Waals surface area contributed by atoms with Gasteiger partial charge in [0, 0.05) is 17.6 Å². The molecule has 0 saturated carbocycles. The van der Waals surface area contributed by atoms with Gasteiger partial charge in [0.05, 0.1) is 6.61 Å². The van der Waals surface area contributed by atoms with Crippen LogP contribution in [0.5, 0.6) is 5.75 Å². The van der Waals surface area contributed by atoms with E-state index < -0.39 is 0 Å². The van der Waals surface area contributed by atoms with Gasteiger partial charge < -0.3 is 10.1 Å². The Morgan fingerprint density at radius 1 is 1.29 bits per heavy atom. The van der Waals surface area contributed by atoms with Crippen molar-refractivity contribution in [1.29, 1.82) is 0 Å². The maximum absolute atomic E-state index is 5.59. The Labute approximate surface area is 105 Å². The van der Waals surface area contributed by atoms with Crippen LogP contribution in [0.2, 0.25) is 0 Å². The van der Waals surface area contributed by atoms with Crippen molar-refractivity contribution in [3.8, 4) is 5.75 Å². The highest BCUT2D eigenvalue weighted by molar-refractivity contribution is 7.15. The standard InChI is InChI=1S/C13H16N2OS/c1-11-10-15-13(17-11)14-8-5-9-16-12-6-3-2-4-7-12/h2-4,6-7,10H,5,8-9H2,1H3,(H,14,15). The van der Waals surface area contributed by atoms with Crippen LogP contribution < -0.4 is 10.1 Å². The van der Waals surface area contributed by atoms with Gasteiger partial charge in [0.1, 0.15) is 5.75 Å². The molecule has 0 amide bonds. The van der Waals surface area contributed by atoms with Crippen LogP contribution in [0.4, 0.5) is 5.13 Å². The van der Waals surface area contributed by atoms with Crippen LogP contribution in [0.15, 0.2) is 36.5 Å². The predicted octanol–water partition coefficient (Wildman–Crippen LogP) is 3.33. The molecule has 0 aliphatic rings. The lowest BCUT2D eigenvalue weighted by Crippen LogP contribution is -2.06. The molecule has 4 heteroatoms. The zero-order chi connectivity index (χ0) is 11.9. The first kappa shape index (κ1) is 11.9. The van der Waals surface area contributed by atoms with E-state index in [0.717, 1.165) is 30.5 Å². The normalized spacial score (nSPS) is 10.2. The van der Waals surface area contributed by atoms with E-state index in [-0.39, 0.29) is 0 Å². The summed E-state index contributed by atoms with van der Waals surface area (Å²) in [6.45, 7) is 3.67. The summed E-state index contributed by atoms with van der Waals surface area (Å²) >= 11 is 1.68. The summed E-state index contributed by atoms with van der Waals surface area (Å²) in [5.74, 6) is 0.928. The van der Waals surface area contributed by atoms with Crippen LogP contribution in [0.25, 0.3) is 0 Å². The largest absolute Gasteiger partial charge is 0.494 e. The average molecular weight is 248 g/mol. The number of aryl methyl sites for hydroxylation is 1. The van der Waals surface area contributed by atoms with Gasteiger partial charge in [-0.25, -0.2) is 4.98 Å². The Morgan fingerprint density at radius 3 is 2.82 bits per heavy atom. The highest BCUT2D eigenvalue weighted by atomic mass is 32.1. The lowest BCUT2D eigenvalue weighted by molar-refractivity contribution is 0.315. The molecule has 0 aliphatic heterocycles. The first-order valence-electron chi connectivity index (χ1n) is 5.69. The maximum atomic E-state index is 5.59. The molecule has 0 atom stereocenters. The summed E-state index contributed by atoms with van der Waals surface area (Å²) in [7, 11) is 0. The Morgan fingerprint density at radius 2 is 2.12 bits per heavy atom. The van der Waals surface area contributed by atoms with Gasteiger partial charge in [-0.3, -0.25) is 0 Å². The molecule has 3 nitrogen and oxygen atoms in total. The minimum Gasteiger partial charge on any atom is -0.494 e. The number of hydrogen-bond donors (Lipinski definition) is 1. The summed E-state index contributed by atoms with van der Waals surface area (Å²) < 4.78 is 5.59. The third kappa shape index (κ3) is 4.07. The zero-order valence-electron chi connectivity index (χ0n) is 9.85. The van der Waals surface area contributed by atoms with Gasteiger partial charge in [-0.1, -0.05) is 18.2 Å². The van der Waals surface area contributed by atoms with E-state index in [4.69, 9.17) is 4.74 Å². The van der Waals surface area contributed by atoms with E-state index in [1.165, 1.54) is 4.88 Å². The summed E-state index contributed by atoms with van der Waals surface area (Å²) in [5.41, 5.74) is 0. The third-order valence-electron chi connectivity index (χ3n) is 2.23. The van der Waals surface area contributed by atoms with E-state index in [2.05, 4.69) is 17.2 Å². The molecule has 0 spiro atoms. The van der Waals surface area contributed by atoms with Crippen LogP contribution in [-0.4, -0.2) is 18.1 Å². The summed E-state index contributed by atoms with van der Waals surface area (Å²) in [6.07, 6.45) is 2.85. The molecule has 0 aliphatic carbocycles. The summed E-state index contributed by atoms with van der Waals surface area (Å²) in [4.78, 5) is 5.47. The molecule has 2 aromatic rings. The fourth-order valence-electron chi connectivity index (χ4n) is 1.41. The van der Waals surface area contributed by atoms with Crippen molar-refractivity contribution in [3.05, 3.63) is 41.4 Å². The SMILES string of the molecule is Cc1cnc(NCCCOc2ccccc2)s1. The molecule has 0 unspecified atom stereocenters. The van der Waals surface area contributed by atoms with Gasteiger partial charge >= 0.3 is 0 Å². The van der Waals surface area contributed by atoms with Gasteiger partial charge in [-0.15, -0.1) is 11.3 Å². The Hall–Kier alpha value is -1.55. The molecule has 0 saturated heterocycles. The van der Waals surface area contributed by atoms with Crippen molar-refractivity contribution in [2.75, 3.05) is 18.5 Å². The number of ether oxygens (including phenoxy) is 1. The van der Waals surface area contributed by atoms with Gasteiger partial charge in [0.2, 0.25) is 0 Å². The summed E-state index contributed by atoms with van der Waals surface area (Å²) in [5, 5.41) is 4.27. The number of nitrogens with zero attached hydrogens (tertiary/aromatic N) is 1. The monoisotopic (exact) mass is 248 g/mol. The smallest absolute Gasteiger partial charge is 0.182 e. The molecule has 1 heterocycles. The minimum absolute atomic E-state index is 0.724. The van der Waals surface area contributed by atoms with E-state index in [1.54, 1.807) is 11.3 Å². The van der Waals surface area contributed by atoms with Crippen LogP contribution >= 0.6 is 11.3 Å². The highest BCUT2D eigenvalue weighted by Crippen LogP contribution is 2.16. The highest BCUT2D eigenvalue weighted by Gasteiger charge is 1.97. The van der Waals surface area contributed by atoms with Crippen LogP contribution in [-0.2, 0) is 0 Å². The van der Waals surface area contributed by atoms with Crippen molar-refractivity contribution in [3.63, 3.8) is 0 Å². The molecule has 1 aromatic carbocycles. The molecule has 1 aromatic heterocycles. The molecule has 90 valence electrons. The third-order valence-corrected chi connectivity index (χ3v) is 3.10. The van der Waals surface area contributed by atoms with Crippen molar-refractivity contribution >= 4 is 16.5 Å². The van der Waals surface area contributed by atoms with E-state index in [9.17, 15) is 0 Å². The summed E-state index contributed by atoms with van der Waals surface area (Å²) in [6, 6.07) is 9.88. The maximum Gasteiger partial charge on any atom is 0.182 e. The van der Waals surface area contributed by atoms with Crippen molar-refractivity contribution in [2.45, 2.75) is 13.3 Å². The molecular weight excluding hydrogens is 232 g/mol. The van der Waals surface area contributed by atoms with Crippen molar-refractivity contribution < 1.29 is 4.74 Å². The fraction of sp³-hybridized carbons (Fsp3) is 0.308. The van der Waals surface area contributed by atoms with Crippen LogP contribution in [0.3, 0.4) is 0 Å². The second kappa shape index (κ2) is 6.25. The van der Waals surface area contributed by atoms with Crippen LogP contribution in [0, 0.1) is 6.92 Å². The molecule has 0 fully saturated rings. The molecule has 0 bridgehead atoms. The Kier molecular flexibility index (Phi) is 4.38. The van der Waals surface area contributed by atoms with Gasteiger partial charge in [-0.05, 0) is 25.5 Å². The Bertz CT molecular complexity index is 442. The van der Waals surface area contributed by atoms with Crippen LogP contribution in [0.1, 0.15) is 11.3 Å². The topological polar surface area (TPSA) is 34.2 Å². The number of anilines is 1. The second-order valence-electron chi connectivity index (χ2n) is 3.72. The number of benzene rings is 1. The van der Waals surface area contributed by atoms with Crippen molar-refractivity contribution in [2.24, 2.45) is 0 Å². The number of rotatable bonds is 6. The lowest BCUT2D eigenvalue weighted by atomic mass is 10.3. The Balaban J connectivity index is 1.61. The molecule has 2 rings (SSSR count). The average Bonchev–Trinajstić information content (AvgIpc) is 2.76. The number of para-hydroxylation sites is 1. The quantitative estimate of drug-likeness (QED) is 0.796. The predicted molar refractivity (Wildman–Crippen MR) is 71.9 cm³/mol. The van der Waals surface area contributed by atoms with Gasteiger partial charge in [-0.2, -0.15) is 0 Å². The van der Waals surface area contributed by atoms with Gasteiger partial charge in [0.15, 0.2) is 5.13 Å². The number of aromatic nitrogens is 1. The van der Waals surface area contributed by atoms with E-state index in [0.29, 0.717) is 0 Å². The first-order valence-corrected chi connectivity index (χ1v) is 6.50. The number of thiazole rings is 1. The number of hydrogen-bond acceptors (Lipinski definition) is 4. The number of nitrogens with one attached hydrogen (secondary N) is 1. The minimum atomic E-state index is 0.724. The molecule has 17 heavy (non-hydrogen) atoms. The molecular formula is C13H16N2OS. The first-order chi connectivity index (χ1) is 8.34. The fourth-order valence-corrected chi connectivity index (χ4v) is 2.10. The van der Waals surface area contributed by atoms with Gasteiger partial charge in [0.25, 0.3) is 0 Å². The molecule has 0 radical (unpaired) electrons. The second-order valence-corrected chi connectivity index (χ2v) is 4.95. The lowest BCUT2D eigenvalue weighted by Gasteiger charge is -2.06.